The molecule has 0 aliphatic heterocycles. The van der Waals surface area contributed by atoms with Crippen molar-refractivity contribution in [1.29, 1.82) is 0 Å². The monoisotopic (exact) mass is 409 g/mol. The van der Waals surface area contributed by atoms with Crippen LogP contribution >= 0.6 is 0 Å². The van der Waals surface area contributed by atoms with Gasteiger partial charge in [0.15, 0.2) is 0 Å². The van der Waals surface area contributed by atoms with Gasteiger partial charge < -0.3 is 4.42 Å². The molecule has 150 valence electrons. The first-order chi connectivity index (χ1) is 13.8. The molecule has 1 heterocycles. The van der Waals surface area contributed by atoms with E-state index in [-0.39, 0.29) is 11.4 Å². The number of fused-ring (bicyclic) bond motifs is 1. The van der Waals surface area contributed by atoms with Crippen LogP contribution in [0.5, 0.6) is 0 Å². The van der Waals surface area contributed by atoms with Crippen LogP contribution in [0.4, 0.5) is 5.69 Å². The third kappa shape index (κ3) is 3.89. The van der Waals surface area contributed by atoms with Crippen LogP contribution < -0.4 is 9.93 Å². The largest absolute Gasteiger partial charge is 0.422 e. The zero-order valence-electron chi connectivity index (χ0n) is 16.5. The Labute approximate surface area is 170 Å². The summed E-state index contributed by atoms with van der Waals surface area (Å²) in [5.41, 5.74) is 2.66. The molecule has 6 heteroatoms. The Balaban J connectivity index is 2.30. The average Bonchev–Trinajstić information content (AvgIpc) is 2.67. The second kappa shape index (κ2) is 8.09. The molecule has 0 saturated carbocycles. The quantitative estimate of drug-likeness (QED) is 0.425. The Morgan fingerprint density at radius 1 is 1.03 bits per heavy atom. The molecule has 2 aromatic carbocycles. The average molecular weight is 410 g/mol. The van der Waals surface area contributed by atoms with E-state index in [9.17, 15) is 13.2 Å². The molecule has 3 rings (SSSR count). The Hall–Kier alpha value is -3.12. The summed E-state index contributed by atoms with van der Waals surface area (Å²) < 4.78 is 33.6. The van der Waals surface area contributed by atoms with Crippen molar-refractivity contribution in [3.63, 3.8) is 0 Å². The lowest BCUT2D eigenvalue weighted by Crippen LogP contribution is -2.32. The Kier molecular flexibility index (Phi) is 5.75. The highest BCUT2D eigenvalue weighted by atomic mass is 32.2. The summed E-state index contributed by atoms with van der Waals surface area (Å²) in [6.45, 7) is 11.3. The zero-order valence-corrected chi connectivity index (χ0v) is 17.3. The van der Waals surface area contributed by atoms with Crippen LogP contribution in [-0.2, 0) is 16.4 Å². The molecule has 0 saturated heterocycles. The van der Waals surface area contributed by atoms with Gasteiger partial charge in [-0.2, -0.15) is 0 Å². The van der Waals surface area contributed by atoms with Crippen molar-refractivity contribution in [2.75, 3.05) is 10.8 Å². The molecule has 0 amide bonds. The fourth-order valence-corrected chi connectivity index (χ4v) is 4.75. The number of hydrogen-bond donors (Lipinski definition) is 0. The van der Waals surface area contributed by atoms with Crippen LogP contribution in [0, 0.1) is 13.8 Å². The van der Waals surface area contributed by atoms with Crippen molar-refractivity contribution in [2.45, 2.75) is 25.2 Å². The molecule has 5 nitrogen and oxygen atoms in total. The minimum atomic E-state index is -3.85. The highest BCUT2D eigenvalue weighted by molar-refractivity contribution is 7.92. The number of aryl methyl sites for hydroxylation is 2. The van der Waals surface area contributed by atoms with Gasteiger partial charge in [-0.3, -0.25) is 4.31 Å². The molecule has 1 aromatic heterocycles. The van der Waals surface area contributed by atoms with Crippen LogP contribution in [0.15, 0.2) is 81.9 Å². The number of rotatable bonds is 7. The smallest absolute Gasteiger partial charge is 0.336 e. The number of hydrogen-bond acceptors (Lipinski definition) is 4. The minimum absolute atomic E-state index is 0.0713. The van der Waals surface area contributed by atoms with Crippen molar-refractivity contribution in [3.8, 4) is 0 Å². The van der Waals surface area contributed by atoms with Crippen LogP contribution in [-0.4, -0.2) is 15.0 Å². The highest BCUT2D eigenvalue weighted by Gasteiger charge is 2.27. The van der Waals surface area contributed by atoms with E-state index in [1.165, 1.54) is 16.4 Å². The molecule has 0 spiro atoms. The molecule has 0 radical (unpaired) electrons. The third-order valence-corrected chi connectivity index (χ3v) is 6.51. The predicted molar refractivity (Wildman–Crippen MR) is 117 cm³/mol. The lowest BCUT2D eigenvalue weighted by molar-refractivity contribution is 0.556. The molecule has 29 heavy (non-hydrogen) atoms. The van der Waals surface area contributed by atoms with E-state index in [0.29, 0.717) is 23.3 Å². The summed E-state index contributed by atoms with van der Waals surface area (Å²) in [5, 5.41) is 0.761. The molecule has 0 aliphatic carbocycles. The van der Waals surface area contributed by atoms with Gasteiger partial charge in [0.2, 0.25) is 0 Å². The molecule has 0 N–H and O–H groups in total. The summed E-state index contributed by atoms with van der Waals surface area (Å²) in [7, 11) is -3.85. The summed E-state index contributed by atoms with van der Waals surface area (Å²) in [6, 6.07) is 11.6. The van der Waals surface area contributed by atoms with Gasteiger partial charge in [0.05, 0.1) is 17.1 Å². The predicted octanol–water partition coefficient (Wildman–Crippen LogP) is 4.52. The molecule has 0 fully saturated rings. The Morgan fingerprint density at radius 2 is 1.72 bits per heavy atom. The van der Waals surface area contributed by atoms with Gasteiger partial charge in [-0.15, -0.1) is 13.2 Å². The Bertz CT molecular complexity index is 1240. The fraction of sp³-hybridized carbons (Fsp3) is 0.174. The molecule has 0 atom stereocenters. The second-order valence-electron chi connectivity index (χ2n) is 6.82. The van der Waals surface area contributed by atoms with Gasteiger partial charge in [0.25, 0.3) is 10.0 Å². The van der Waals surface area contributed by atoms with Crippen molar-refractivity contribution < 1.29 is 12.8 Å². The maximum absolute atomic E-state index is 13.4. The zero-order chi connectivity index (χ0) is 21.2. The van der Waals surface area contributed by atoms with Crippen molar-refractivity contribution in [3.05, 3.63) is 94.9 Å². The van der Waals surface area contributed by atoms with Crippen LogP contribution in [0.25, 0.3) is 11.0 Å². The number of sulfonamides is 1. The normalized spacial score (nSPS) is 11.4. The van der Waals surface area contributed by atoms with E-state index in [1.54, 1.807) is 42.5 Å². The molecule has 3 aromatic rings. The van der Waals surface area contributed by atoms with Gasteiger partial charge in [-0.25, -0.2) is 13.2 Å². The first-order valence-corrected chi connectivity index (χ1v) is 10.6. The summed E-state index contributed by atoms with van der Waals surface area (Å²) in [5.74, 6) is 0. The number of anilines is 1. The van der Waals surface area contributed by atoms with E-state index in [0.717, 1.165) is 16.5 Å². The van der Waals surface area contributed by atoms with E-state index >= 15 is 0 Å². The van der Waals surface area contributed by atoms with Crippen LogP contribution in [0.1, 0.15) is 16.7 Å². The van der Waals surface area contributed by atoms with E-state index in [1.807, 2.05) is 13.8 Å². The third-order valence-electron chi connectivity index (χ3n) is 4.72. The molecule has 0 aliphatic rings. The summed E-state index contributed by atoms with van der Waals surface area (Å²) in [4.78, 5) is 12.2. The minimum Gasteiger partial charge on any atom is -0.422 e. The van der Waals surface area contributed by atoms with E-state index < -0.39 is 15.6 Å². The van der Waals surface area contributed by atoms with Gasteiger partial charge in [-0.05, 0) is 50.1 Å². The number of nitrogens with zero attached hydrogens (tertiary/aromatic N) is 1. The van der Waals surface area contributed by atoms with Gasteiger partial charge >= 0.3 is 5.63 Å². The summed E-state index contributed by atoms with van der Waals surface area (Å²) in [6.07, 6.45) is 3.53. The van der Waals surface area contributed by atoms with E-state index in [4.69, 9.17) is 4.42 Å². The first kappa shape index (κ1) is 20.6. The lowest BCUT2D eigenvalue weighted by Gasteiger charge is -2.26. The van der Waals surface area contributed by atoms with Crippen LogP contribution in [0.3, 0.4) is 0 Å². The number of allylic oxidation sites excluding steroid dienone is 1. The second-order valence-corrected chi connectivity index (χ2v) is 8.68. The highest BCUT2D eigenvalue weighted by Crippen LogP contribution is 2.33. The van der Waals surface area contributed by atoms with Gasteiger partial charge in [0.1, 0.15) is 5.58 Å². The number of benzene rings is 2. The topological polar surface area (TPSA) is 67.6 Å². The lowest BCUT2D eigenvalue weighted by atomic mass is 10.0. The van der Waals surface area contributed by atoms with Gasteiger partial charge in [0, 0.05) is 17.0 Å². The first-order valence-electron chi connectivity index (χ1n) is 9.17. The van der Waals surface area contributed by atoms with Crippen molar-refractivity contribution >= 4 is 26.7 Å². The maximum Gasteiger partial charge on any atom is 0.336 e. The molecular formula is C23H23NO4S. The van der Waals surface area contributed by atoms with Crippen molar-refractivity contribution in [2.24, 2.45) is 0 Å². The SMILES string of the molecule is C=CCc1c(N(CC=C)S(=O)(=O)c2ccc(C)cc2)ccc2c(C)cc(=O)oc12. The molecule has 0 unspecified atom stereocenters. The Morgan fingerprint density at radius 3 is 2.34 bits per heavy atom. The van der Waals surface area contributed by atoms with Crippen LogP contribution in [0.2, 0.25) is 0 Å². The molecular weight excluding hydrogens is 386 g/mol. The van der Waals surface area contributed by atoms with Crippen molar-refractivity contribution in [1.82, 2.24) is 0 Å². The molecule has 0 bridgehead atoms. The maximum atomic E-state index is 13.4. The fourth-order valence-electron chi connectivity index (χ4n) is 3.29. The van der Waals surface area contributed by atoms with E-state index in [2.05, 4.69) is 13.2 Å². The summed E-state index contributed by atoms with van der Waals surface area (Å²) >= 11 is 0. The standard InChI is InChI=1S/C23H23NO4S/c1-5-7-20-21(13-12-19-17(4)15-22(25)28-23(19)20)24(14-6-2)29(26,27)18-10-8-16(3)9-11-18/h5-6,8-13,15H,1-2,7,14H2,3-4H3. The van der Waals surface area contributed by atoms with Gasteiger partial charge in [-0.1, -0.05) is 29.8 Å².